The van der Waals surface area contributed by atoms with E-state index in [1.165, 1.54) is 48.6 Å². The van der Waals surface area contributed by atoms with Gasteiger partial charge in [0.25, 0.3) is 0 Å². The van der Waals surface area contributed by atoms with Gasteiger partial charge in [-0.2, -0.15) is 26.3 Å². The molecule has 0 saturated heterocycles. The molecule has 3 rings (SSSR count). The standard InChI is InChI=1S/C66H2.C22H16F6O/c1-3-5-7-9-11-13-15-17-19-21-23-25-27-29-31-33-35-37-39-41-43-45-47-49-51-53-55-57-59-61-63-65-66-64-62-60-58-56-54-52-50-48-46-44-42-40-38-36-34-32-30-28-26-24-22-20-18-16-14-12-10-8-6-4-2;23-21(24,25)18-10-3-1-6-14(18)12-16-8-5-9-17(20(16)29)13-15-7-2-4-11-19(15)22(26,27)28/h1-2H;1-4,6-7,10-13H,5,8-9H2/b;16-12+,17-13+. The topological polar surface area (TPSA) is 17.1 Å². The van der Waals surface area contributed by atoms with Crippen LogP contribution in [0, 0.1) is 392 Å². The van der Waals surface area contributed by atoms with Gasteiger partial charge in [-0.25, -0.2) is 0 Å². The highest BCUT2D eigenvalue weighted by Gasteiger charge is 2.34. The van der Waals surface area contributed by atoms with E-state index in [0.717, 1.165) is 12.1 Å². The number of terminal acetylenes is 2. The Hall–Kier alpha value is -17.4. The van der Waals surface area contributed by atoms with Crippen molar-refractivity contribution >= 4 is 17.9 Å². The molecule has 1 saturated carbocycles. The number of rotatable bonds is 2. The van der Waals surface area contributed by atoms with Crippen LogP contribution in [0.25, 0.3) is 12.2 Å². The predicted molar refractivity (Wildman–Crippen MR) is 356 cm³/mol. The fraction of sp³-hybridized carbons (Fsp3) is 0.0568. The average molecular weight is 1210 g/mol. The summed E-state index contributed by atoms with van der Waals surface area (Å²) >= 11 is 0. The third-order valence-electron chi connectivity index (χ3n) is 8.62. The Balaban J connectivity index is 0.000000868. The first-order valence-electron chi connectivity index (χ1n) is 25.2. The Bertz CT molecular complexity index is 5490. The van der Waals surface area contributed by atoms with Crippen molar-refractivity contribution in [1.82, 2.24) is 0 Å². The molecule has 418 valence electrons. The van der Waals surface area contributed by atoms with Gasteiger partial charge in [-0.1, -0.05) is 36.4 Å². The molecule has 0 bridgehead atoms. The van der Waals surface area contributed by atoms with E-state index in [2.05, 4.69) is 379 Å². The fourth-order valence-electron chi connectivity index (χ4n) is 5.26. The number of allylic oxidation sites excluding steroid dienone is 2. The van der Waals surface area contributed by atoms with Crippen molar-refractivity contribution in [3.05, 3.63) is 81.9 Å². The molecule has 1 aliphatic carbocycles. The summed E-state index contributed by atoms with van der Waals surface area (Å²) in [6.45, 7) is 0. The van der Waals surface area contributed by atoms with Gasteiger partial charge < -0.3 is 0 Å². The summed E-state index contributed by atoms with van der Waals surface area (Å²) in [6.07, 6.45) is 4.12. The summed E-state index contributed by atoms with van der Waals surface area (Å²) in [5.41, 5.74) is -1.69. The van der Waals surface area contributed by atoms with Gasteiger partial charge in [0.2, 0.25) is 0 Å². The lowest BCUT2D eigenvalue weighted by atomic mass is 9.86. The smallest absolute Gasteiger partial charge is 0.289 e. The number of ketones is 1. The number of hydrogen-bond donors (Lipinski definition) is 0. The van der Waals surface area contributed by atoms with E-state index in [4.69, 9.17) is 12.8 Å². The number of carbonyl (C=O) groups excluding carboxylic acids is 1. The highest BCUT2D eigenvalue weighted by Crippen LogP contribution is 2.37. The minimum Gasteiger partial charge on any atom is -0.289 e. The first-order valence-corrected chi connectivity index (χ1v) is 25.2. The van der Waals surface area contributed by atoms with Crippen LogP contribution in [0.5, 0.6) is 0 Å². The van der Waals surface area contributed by atoms with E-state index in [-0.39, 0.29) is 35.1 Å². The molecule has 0 amide bonds. The number of benzene rings is 2. The quantitative estimate of drug-likeness (QED) is 0.176. The minimum absolute atomic E-state index is 0.139. The molecule has 0 aromatic heterocycles. The summed E-state index contributed by atoms with van der Waals surface area (Å²) in [4.78, 5) is 12.8. The van der Waals surface area contributed by atoms with Crippen LogP contribution in [-0.2, 0) is 17.1 Å². The van der Waals surface area contributed by atoms with Crippen LogP contribution in [0.3, 0.4) is 0 Å². The van der Waals surface area contributed by atoms with E-state index in [1.54, 1.807) is 0 Å². The Morgan fingerprint density at radius 1 is 0.253 bits per heavy atom. The van der Waals surface area contributed by atoms with E-state index in [0.29, 0.717) is 6.42 Å². The molecule has 2 aromatic rings. The summed E-state index contributed by atoms with van der Waals surface area (Å²) in [6, 6.07) is 9.77. The average Bonchev–Trinajstić information content (AvgIpc) is 0.819. The SMILES string of the molecule is C#CC#CC#CC#CC#CC#CC#CC#CC#CC#CC#CC#CC#CC#CC#CC#CC#CC#CC#CC#CC#CC#CC#CC#CC#CC#CC#CC#CC#CC#CC#CC#CC#C.O=C1/C(=C/c2ccccc2C(F)(F)F)CCC/C1=C\c1ccccc1C(F)(F)F. The maximum Gasteiger partial charge on any atom is 0.416 e. The van der Waals surface area contributed by atoms with Gasteiger partial charge in [0, 0.05) is 295 Å². The minimum atomic E-state index is -4.57. The largest absolute Gasteiger partial charge is 0.416 e. The molecule has 1 nitrogen and oxygen atoms in total. The lowest BCUT2D eigenvalue weighted by Gasteiger charge is -2.18. The van der Waals surface area contributed by atoms with Gasteiger partial charge in [0.05, 0.1) is 11.1 Å². The molecule has 0 N–H and O–H groups in total. The van der Waals surface area contributed by atoms with Crippen LogP contribution in [0.2, 0.25) is 0 Å². The molecular formula is C88H18F6O. The summed E-state index contributed by atoms with van der Waals surface area (Å²) in [5.74, 6) is 158. The molecule has 1 fully saturated rings. The van der Waals surface area contributed by atoms with Gasteiger partial charge in [-0.3, -0.25) is 4.79 Å². The second-order valence-electron chi connectivity index (χ2n) is 14.7. The molecule has 1 aliphatic rings. The Morgan fingerprint density at radius 3 is 0.547 bits per heavy atom. The Morgan fingerprint density at radius 2 is 0.400 bits per heavy atom. The van der Waals surface area contributed by atoms with Crippen LogP contribution in [0.4, 0.5) is 26.3 Å². The predicted octanol–water partition coefficient (Wildman–Crippen LogP) is 7.30. The molecule has 2 aromatic carbocycles. The Kier molecular flexibility index (Phi) is 39.7. The van der Waals surface area contributed by atoms with Crippen LogP contribution >= 0.6 is 0 Å². The molecule has 0 aliphatic heterocycles. The molecule has 0 heterocycles. The zero-order valence-electron chi connectivity index (χ0n) is 48.2. The van der Waals surface area contributed by atoms with Gasteiger partial charge in [-0.05, 0) is 149 Å². The van der Waals surface area contributed by atoms with Crippen molar-refractivity contribution in [2.24, 2.45) is 0 Å². The maximum absolute atomic E-state index is 13.2. The van der Waals surface area contributed by atoms with Crippen molar-refractivity contribution < 1.29 is 31.1 Å². The second kappa shape index (κ2) is 51.1. The lowest BCUT2D eigenvalue weighted by molar-refractivity contribution is -0.138. The van der Waals surface area contributed by atoms with E-state index in [1.807, 2.05) is 0 Å². The van der Waals surface area contributed by atoms with Crippen LogP contribution in [-0.4, -0.2) is 5.78 Å². The molecule has 95 heavy (non-hydrogen) atoms. The molecule has 7 heteroatoms. The number of Topliss-reactive ketones (excluding diaryl/α,β-unsaturated/α-hetero) is 1. The number of alkyl halides is 6. The first kappa shape index (κ1) is 73.8. The van der Waals surface area contributed by atoms with Gasteiger partial charge in [0.1, 0.15) is 0 Å². The maximum atomic E-state index is 13.2. The van der Waals surface area contributed by atoms with Crippen LogP contribution < -0.4 is 0 Å². The zero-order valence-corrected chi connectivity index (χ0v) is 48.2. The lowest BCUT2D eigenvalue weighted by Crippen LogP contribution is -2.14. The third kappa shape index (κ3) is 41.3. The number of carbonyl (C=O) groups is 1. The zero-order chi connectivity index (χ0) is 68.5. The van der Waals surface area contributed by atoms with Crippen LogP contribution in [0.15, 0.2) is 59.7 Å². The van der Waals surface area contributed by atoms with Gasteiger partial charge in [0.15, 0.2) is 5.78 Å². The fourth-order valence-corrected chi connectivity index (χ4v) is 5.26. The number of halogens is 6. The molecule has 0 unspecified atom stereocenters. The normalized spacial score (nSPS) is 8.36. The molecule has 0 atom stereocenters. The summed E-state index contributed by atoms with van der Waals surface area (Å²) in [5, 5.41) is 0. The molecular weight excluding hydrogens is 1190 g/mol. The highest BCUT2D eigenvalue weighted by atomic mass is 19.4. The Labute approximate surface area is 551 Å². The van der Waals surface area contributed by atoms with E-state index >= 15 is 0 Å². The van der Waals surface area contributed by atoms with Crippen LogP contribution in [0.1, 0.15) is 41.5 Å². The van der Waals surface area contributed by atoms with E-state index in [9.17, 15) is 31.1 Å². The number of hydrogen-bond acceptors (Lipinski definition) is 1. The van der Waals surface area contributed by atoms with Crippen molar-refractivity contribution in [3.63, 3.8) is 0 Å². The summed E-state index contributed by atoms with van der Waals surface area (Å²) in [7, 11) is 0. The van der Waals surface area contributed by atoms with Crippen molar-refractivity contribution in [2.45, 2.75) is 31.6 Å². The van der Waals surface area contributed by atoms with Crippen molar-refractivity contribution in [3.8, 4) is 392 Å². The first-order chi connectivity index (χ1) is 46.5. The summed E-state index contributed by atoms with van der Waals surface area (Å²) < 4.78 is 79.1. The monoisotopic (exact) mass is 1200 g/mol. The highest BCUT2D eigenvalue weighted by molar-refractivity contribution is 6.14. The molecule has 0 radical (unpaired) electrons. The van der Waals surface area contributed by atoms with E-state index < -0.39 is 29.3 Å². The molecule has 0 spiro atoms. The van der Waals surface area contributed by atoms with Crippen molar-refractivity contribution in [1.29, 1.82) is 0 Å². The van der Waals surface area contributed by atoms with Crippen molar-refractivity contribution in [2.75, 3.05) is 0 Å². The second-order valence-corrected chi connectivity index (χ2v) is 14.7. The third-order valence-corrected chi connectivity index (χ3v) is 8.62. The van der Waals surface area contributed by atoms with Gasteiger partial charge in [-0.15, -0.1) is 12.8 Å². The van der Waals surface area contributed by atoms with Gasteiger partial charge >= 0.3 is 12.4 Å².